The van der Waals surface area contributed by atoms with E-state index in [1.165, 1.54) is 26.8 Å². The largest absolute Gasteiger partial charge is 0.340 e. The molecule has 2 saturated heterocycles. The molecule has 0 bridgehead atoms. The van der Waals surface area contributed by atoms with Crippen LogP contribution in [0.2, 0.25) is 0 Å². The van der Waals surface area contributed by atoms with E-state index in [-0.39, 0.29) is 55.0 Å². The van der Waals surface area contributed by atoms with E-state index in [9.17, 15) is 31.7 Å². The summed E-state index contributed by atoms with van der Waals surface area (Å²) in [5, 5.41) is 11.0. The minimum absolute atomic E-state index is 0.0576. The molecule has 0 aromatic heterocycles. The number of non-ortho nitro benzene ring substituents is 1. The van der Waals surface area contributed by atoms with Crippen molar-refractivity contribution >= 4 is 31.6 Å². The lowest BCUT2D eigenvalue weighted by Crippen LogP contribution is -2.54. The number of hydrogen-bond donors (Lipinski definition) is 0. The molecule has 1 amide bonds. The Kier molecular flexibility index (Phi) is 7.53. The maximum Gasteiger partial charge on any atom is 0.270 e. The van der Waals surface area contributed by atoms with Crippen LogP contribution in [0.15, 0.2) is 29.2 Å². The summed E-state index contributed by atoms with van der Waals surface area (Å²) in [6.45, 7) is 2.89. The summed E-state index contributed by atoms with van der Waals surface area (Å²) in [7, 11) is -7.30. The average Bonchev–Trinajstić information content (AvgIpc) is 2.79. The van der Waals surface area contributed by atoms with Crippen LogP contribution in [0.4, 0.5) is 5.69 Å². The first-order valence-electron chi connectivity index (χ1n) is 10.6. The van der Waals surface area contributed by atoms with Gasteiger partial charge >= 0.3 is 0 Å². The third-order valence-electron chi connectivity index (χ3n) is 5.81. The van der Waals surface area contributed by atoms with E-state index in [1.807, 2.05) is 0 Å². The Morgan fingerprint density at radius 1 is 1.09 bits per heavy atom. The number of nitro groups is 1. The lowest BCUT2D eigenvalue weighted by molar-refractivity contribution is -0.385. The van der Waals surface area contributed by atoms with E-state index in [0.29, 0.717) is 25.8 Å². The van der Waals surface area contributed by atoms with Crippen molar-refractivity contribution in [3.8, 4) is 0 Å². The van der Waals surface area contributed by atoms with Crippen molar-refractivity contribution in [2.75, 3.05) is 45.0 Å². The van der Waals surface area contributed by atoms with Crippen LogP contribution >= 0.6 is 0 Å². The molecule has 1 atom stereocenters. The Labute approximate surface area is 188 Å². The molecule has 0 unspecified atom stereocenters. The van der Waals surface area contributed by atoms with Crippen LogP contribution in [-0.2, 0) is 24.8 Å². The molecule has 2 aliphatic heterocycles. The summed E-state index contributed by atoms with van der Waals surface area (Å²) < 4.78 is 53.1. The Bertz CT molecular complexity index is 1070. The lowest BCUT2D eigenvalue weighted by atomic mass is 9.98. The van der Waals surface area contributed by atoms with E-state index >= 15 is 0 Å². The Morgan fingerprint density at radius 2 is 1.78 bits per heavy atom. The summed E-state index contributed by atoms with van der Waals surface area (Å²) in [4.78, 5) is 24.7. The lowest BCUT2D eigenvalue weighted by Gasteiger charge is -2.38. The molecule has 1 aromatic rings. The van der Waals surface area contributed by atoms with Gasteiger partial charge < -0.3 is 4.90 Å². The zero-order chi connectivity index (χ0) is 23.5. The van der Waals surface area contributed by atoms with Crippen LogP contribution in [0.3, 0.4) is 0 Å². The number of nitrogens with zero attached hydrogens (tertiary/aromatic N) is 4. The number of carbonyl (C=O) groups excluding carboxylic acids is 1. The van der Waals surface area contributed by atoms with Crippen molar-refractivity contribution in [1.82, 2.24) is 13.5 Å². The second-order valence-corrected chi connectivity index (χ2v) is 12.0. The highest BCUT2D eigenvalue weighted by atomic mass is 32.2. The van der Waals surface area contributed by atoms with Crippen LogP contribution in [0, 0.1) is 16.0 Å². The van der Waals surface area contributed by atoms with Gasteiger partial charge in [-0.1, -0.05) is 13.0 Å². The van der Waals surface area contributed by atoms with Crippen LogP contribution in [0.25, 0.3) is 0 Å². The van der Waals surface area contributed by atoms with E-state index in [2.05, 4.69) is 0 Å². The first kappa shape index (κ1) is 24.6. The number of rotatable bonds is 7. The fourth-order valence-corrected chi connectivity index (χ4v) is 7.15. The predicted octanol–water partition coefficient (Wildman–Crippen LogP) is 0.880. The van der Waals surface area contributed by atoms with Crippen LogP contribution in [-0.4, -0.2) is 86.2 Å². The van der Waals surface area contributed by atoms with Crippen molar-refractivity contribution in [3.63, 3.8) is 0 Å². The number of piperazine rings is 1. The second kappa shape index (κ2) is 9.81. The number of benzene rings is 1. The van der Waals surface area contributed by atoms with Gasteiger partial charge in [0.2, 0.25) is 26.0 Å². The van der Waals surface area contributed by atoms with E-state index < -0.39 is 30.9 Å². The van der Waals surface area contributed by atoms with Gasteiger partial charge in [-0.3, -0.25) is 14.9 Å². The number of carbonyl (C=O) groups is 1. The zero-order valence-electron chi connectivity index (χ0n) is 17.9. The van der Waals surface area contributed by atoms with Crippen molar-refractivity contribution in [1.29, 1.82) is 0 Å². The second-order valence-electron chi connectivity index (χ2n) is 8.00. The Morgan fingerprint density at radius 3 is 2.41 bits per heavy atom. The molecule has 178 valence electrons. The normalized spacial score (nSPS) is 21.4. The summed E-state index contributed by atoms with van der Waals surface area (Å²) in [6.07, 6.45) is 1.72. The van der Waals surface area contributed by atoms with Gasteiger partial charge in [0.1, 0.15) is 0 Å². The third kappa shape index (κ3) is 5.27. The number of nitro benzene ring substituents is 1. The van der Waals surface area contributed by atoms with E-state index in [1.54, 1.807) is 11.8 Å². The number of hydrogen-bond acceptors (Lipinski definition) is 7. The molecule has 13 heteroatoms. The number of amides is 1. The van der Waals surface area contributed by atoms with Crippen LogP contribution in [0.5, 0.6) is 0 Å². The molecular formula is C19H28N4O7S2. The van der Waals surface area contributed by atoms with Gasteiger partial charge in [-0.15, -0.1) is 0 Å². The average molecular weight is 489 g/mol. The number of sulfonamides is 2. The van der Waals surface area contributed by atoms with Crippen LogP contribution in [0.1, 0.15) is 26.2 Å². The monoisotopic (exact) mass is 488 g/mol. The minimum atomic E-state index is -3.92. The highest BCUT2D eigenvalue weighted by molar-refractivity contribution is 7.89. The third-order valence-corrected chi connectivity index (χ3v) is 9.74. The maximum atomic E-state index is 13.0. The van der Waals surface area contributed by atoms with Gasteiger partial charge in [0, 0.05) is 51.4 Å². The molecule has 32 heavy (non-hydrogen) atoms. The van der Waals surface area contributed by atoms with Crippen molar-refractivity contribution in [2.24, 2.45) is 5.92 Å². The standard InChI is InChI=1S/C19H28N4O7S2/c1-2-13-31(27,28)22-8-4-5-16(15-22)19(24)20-9-11-21(12-10-20)32(29,30)18-7-3-6-17(14-18)23(25)26/h3,6-7,14,16H,2,4-5,8-13,15H2,1H3/t16-/m0/s1. The summed E-state index contributed by atoms with van der Waals surface area (Å²) in [6, 6.07) is 4.89. The fourth-order valence-electron chi connectivity index (χ4n) is 4.10. The fraction of sp³-hybridized carbons (Fsp3) is 0.632. The topological polar surface area (TPSA) is 138 Å². The smallest absolute Gasteiger partial charge is 0.270 e. The molecule has 1 aromatic carbocycles. The highest BCUT2D eigenvalue weighted by Gasteiger charge is 2.36. The van der Waals surface area contributed by atoms with E-state index in [4.69, 9.17) is 0 Å². The molecule has 0 saturated carbocycles. The van der Waals surface area contributed by atoms with Crippen LogP contribution < -0.4 is 0 Å². The Hall–Kier alpha value is -2.09. The SMILES string of the molecule is CCCS(=O)(=O)N1CCC[C@H](C(=O)N2CCN(S(=O)(=O)c3cccc([N+](=O)[O-])c3)CC2)C1. The first-order chi connectivity index (χ1) is 15.1. The van der Waals surface area contributed by atoms with Gasteiger partial charge in [-0.2, -0.15) is 4.31 Å². The molecule has 0 radical (unpaired) electrons. The molecule has 0 spiro atoms. The molecule has 2 heterocycles. The van der Waals surface area contributed by atoms with Gasteiger partial charge in [0.25, 0.3) is 5.69 Å². The van der Waals surface area contributed by atoms with Gasteiger partial charge in [-0.05, 0) is 25.3 Å². The molecule has 3 rings (SSSR count). The molecule has 2 fully saturated rings. The van der Waals surface area contributed by atoms with Crippen molar-refractivity contribution < 1.29 is 26.6 Å². The van der Waals surface area contributed by atoms with Gasteiger partial charge in [0.05, 0.1) is 21.5 Å². The maximum absolute atomic E-state index is 13.0. The Balaban J connectivity index is 1.63. The molecule has 11 nitrogen and oxygen atoms in total. The zero-order valence-corrected chi connectivity index (χ0v) is 19.6. The molecular weight excluding hydrogens is 460 g/mol. The molecule has 0 N–H and O–H groups in total. The molecule has 0 aliphatic carbocycles. The quantitative estimate of drug-likeness (QED) is 0.410. The number of piperidine rings is 1. The van der Waals surface area contributed by atoms with Crippen molar-refractivity contribution in [2.45, 2.75) is 31.1 Å². The first-order valence-corrected chi connectivity index (χ1v) is 13.6. The molecule has 2 aliphatic rings. The minimum Gasteiger partial charge on any atom is -0.340 e. The van der Waals surface area contributed by atoms with Crippen molar-refractivity contribution in [3.05, 3.63) is 34.4 Å². The highest BCUT2D eigenvalue weighted by Crippen LogP contribution is 2.25. The predicted molar refractivity (Wildman–Crippen MR) is 117 cm³/mol. The van der Waals surface area contributed by atoms with Gasteiger partial charge in [-0.25, -0.2) is 21.1 Å². The van der Waals surface area contributed by atoms with E-state index in [0.717, 1.165) is 6.07 Å². The summed E-state index contributed by atoms with van der Waals surface area (Å²) in [5.74, 6) is -0.536. The summed E-state index contributed by atoms with van der Waals surface area (Å²) >= 11 is 0. The summed E-state index contributed by atoms with van der Waals surface area (Å²) in [5.41, 5.74) is -0.306. The van der Waals surface area contributed by atoms with Gasteiger partial charge in [0.15, 0.2) is 0 Å².